The summed E-state index contributed by atoms with van der Waals surface area (Å²) in [6.07, 6.45) is 1.91. The van der Waals surface area contributed by atoms with Gasteiger partial charge in [-0.1, -0.05) is 136 Å². The number of hydrogen-bond donors (Lipinski definition) is 1. The Balaban J connectivity index is 1.60. The van der Waals surface area contributed by atoms with E-state index >= 15 is 0 Å². The topological polar surface area (TPSA) is 50.9 Å². The summed E-state index contributed by atoms with van der Waals surface area (Å²) in [5.41, 5.74) is 14.9. The lowest BCUT2D eigenvalue weighted by Gasteiger charge is -2.25. The third-order valence-electron chi connectivity index (χ3n) is 10.6. The molecule has 0 saturated heterocycles. The van der Waals surface area contributed by atoms with Gasteiger partial charge in [-0.3, -0.25) is 9.55 Å². The van der Waals surface area contributed by atoms with Crippen LogP contribution in [0.25, 0.3) is 61.6 Å². The van der Waals surface area contributed by atoms with Crippen molar-refractivity contribution in [3.05, 3.63) is 144 Å². The van der Waals surface area contributed by atoms with Gasteiger partial charge in [0.2, 0.25) is 0 Å². The van der Waals surface area contributed by atoms with E-state index in [1.54, 1.807) is 6.07 Å². The molecule has 54 heavy (non-hydrogen) atoms. The molecule has 7 aromatic rings. The molecular formula is C50H53N3O. The molecule has 2 aromatic heterocycles. The minimum absolute atomic E-state index is 0.120. The largest absolute Gasteiger partial charge is 0.507 e. The van der Waals surface area contributed by atoms with Crippen molar-refractivity contribution in [1.82, 2.24) is 14.5 Å². The van der Waals surface area contributed by atoms with Gasteiger partial charge in [0.05, 0.1) is 28.0 Å². The molecule has 0 atom stereocenters. The summed E-state index contributed by atoms with van der Waals surface area (Å²) >= 11 is 0. The highest BCUT2D eigenvalue weighted by atomic mass is 16.3. The molecule has 0 bridgehead atoms. The first-order valence-electron chi connectivity index (χ1n) is 19.3. The van der Waals surface area contributed by atoms with E-state index in [4.69, 9.17) is 9.97 Å². The number of para-hydroxylation sites is 2. The van der Waals surface area contributed by atoms with E-state index in [9.17, 15) is 5.11 Å². The Morgan fingerprint density at radius 2 is 1.17 bits per heavy atom. The summed E-state index contributed by atoms with van der Waals surface area (Å²) < 4.78 is 2.34. The Hall–Kier alpha value is -5.48. The fourth-order valence-electron chi connectivity index (χ4n) is 7.43. The summed E-state index contributed by atoms with van der Waals surface area (Å²) in [5.74, 6) is 1.48. The molecular weight excluding hydrogens is 659 g/mol. The van der Waals surface area contributed by atoms with Gasteiger partial charge < -0.3 is 5.11 Å². The minimum atomic E-state index is -0.151. The van der Waals surface area contributed by atoms with Crippen molar-refractivity contribution in [3.63, 3.8) is 0 Å². The van der Waals surface area contributed by atoms with Crippen LogP contribution in [0.15, 0.2) is 121 Å². The van der Waals surface area contributed by atoms with E-state index in [1.165, 1.54) is 22.3 Å². The maximum atomic E-state index is 11.4. The fraction of sp³-hybridized carbons (Fsp3) is 0.280. The maximum Gasteiger partial charge on any atom is 0.149 e. The second kappa shape index (κ2) is 14.1. The van der Waals surface area contributed by atoms with Gasteiger partial charge in [-0.05, 0) is 110 Å². The highest BCUT2D eigenvalue weighted by Crippen LogP contribution is 2.44. The predicted octanol–water partition coefficient (Wildman–Crippen LogP) is 13.6. The third kappa shape index (κ3) is 6.98. The molecule has 5 aromatic carbocycles. The van der Waals surface area contributed by atoms with Crippen LogP contribution in [-0.2, 0) is 10.8 Å². The number of phenols is 1. The number of aromatic nitrogens is 3. The van der Waals surface area contributed by atoms with Crippen molar-refractivity contribution >= 4 is 11.0 Å². The Kier molecular flexibility index (Phi) is 9.60. The standard InChI is InChI=1S/C50H53N3O/c1-31(2)39-20-16-21-40(32(3)4)47(39)53-44-30-38(50(8,9)10)29-42(46(44)52-48(53)41-19-14-15-22-45(41)54)35-25-36(27-37(26-35)49(5,6)7)43-28-34(23-24-51-43)33-17-12-11-13-18-33/h11-32,54H,1-10H3. The van der Waals surface area contributed by atoms with Crippen LogP contribution in [0.1, 0.15) is 103 Å². The van der Waals surface area contributed by atoms with Crippen LogP contribution < -0.4 is 0 Å². The van der Waals surface area contributed by atoms with Gasteiger partial charge in [-0.15, -0.1) is 0 Å². The van der Waals surface area contributed by atoms with Crippen molar-refractivity contribution in [2.24, 2.45) is 0 Å². The molecule has 0 unspecified atom stereocenters. The lowest BCUT2D eigenvalue weighted by Crippen LogP contribution is -2.13. The SMILES string of the molecule is CC(C)c1cccc(C(C)C)c1-n1c(-c2ccccc2O)nc2c(-c3cc(-c4cc(-c5ccccc5)ccn4)cc(C(C)(C)C)c3)cc(C(C)(C)C)cc21. The molecule has 4 heteroatoms. The third-order valence-corrected chi connectivity index (χ3v) is 10.6. The first-order valence-corrected chi connectivity index (χ1v) is 19.3. The Bertz CT molecular complexity index is 2450. The van der Waals surface area contributed by atoms with Crippen LogP contribution >= 0.6 is 0 Å². The van der Waals surface area contributed by atoms with Crippen LogP contribution in [0.2, 0.25) is 0 Å². The summed E-state index contributed by atoms with van der Waals surface area (Å²) in [5, 5.41) is 11.4. The molecule has 0 aliphatic rings. The second-order valence-corrected chi connectivity index (χ2v) is 17.4. The van der Waals surface area contributed by atoms with Crippen molar-refractivity contribution in [3.8, 4) is 56.3 Å². The number of pyridine rings is 1. The predicted molar refractivity (Wildman–Crippen MR) is 228 cm³/mol. The van der Waals surface area contributed by atoms with Crippen molar-refractivity contribution in [2.75, 3.05) is 0 Å². The van der Waals surface area contributed by atoms with E-state index in [1.807, 2.05) is 30.5 Å². The molecule has 274 valence electrons. The Morgan fingerprint density at radius 1 is 0.556 bits per heavy atom. The highest BCUT2D eigenvalue weighted by molar-refractivity contribution is 5.98. The summed E-state index contributed by atoms with van der Waals surface area (Å²) in [7, 11) is 0. The average Bonchev–Trinajstić information content (AvgIpc) is 3.52. The van der Waals surface area contributed by atoms with Crippen LogP contribution in [0.3, 0.4) is 0 Å². The molecule has 0 saturated carbocycles. The quantitative estimate of drug-likeness (QED) is 0.179. The number of phenolic OH excluding ortho intramolecular Hbond substituents is 1. The van der Waals surface area contributed by atoms with Gasteiger partial charge in [0, 0.05) is 17.3 Å². The number of hydrogen-bond acceptors (Lipinski definition) is 3. The zero-order valence-electron chi connectivity index (χ0n) is 33.5. The molecule has 4 nitrogen and oxygen atoms in total. The van der Waals surface area contributed by atoms with Crippen molar-refractivity contribution in [1.29, 1.82) is 0 Å². The fourth-order valence-corrected chi connectivity index (χ4v) is 7.43. The van der Waals surface area contributed by atoms with Gasteiger partial charge in [0.1, 0.15) is 11.6 Å². The molecule has 1 N–H and O–H groups in total. The first kappa shape index (κ1) is 36.9. The van der Waals surface area contributed by atoms with E-state index < -0.39 is 0 Å². The second-order valence-electron chi connectivity index (χ2n) is 17.4. The maximum absolute atomic E-state index is 11.4. The summed E-state index contributed by atoms with van der Waals surface area (Å²) in [6.45, 7) is 22.7. The number of rotatable bonds is 7. The molecule has 0 spiro atoms. The molecule has 0 amide bonds. The van der Waals surface area contributed by atoms with Gasteiger partial charge in [0.15, 0.2) is 0 Å². The molecule has 0 radical (unpaired) electrons. The summed E-state index contributed by atoms with van der Waals surface area (Å²) in [4.78, 5) is 10.5. The number of aromatic hydroxyl groups is 1. The Labute approximate surface area is 321 Å². The first-order chi connectivity index (χ1) is 25.6. The van der Waals surface area contributed by atoms with Crippen LogP contribution in [-0.4, -0.2) is 19.6 Å². The van der Waals surface area contributed by atoms with Gasteiger partial charge in [-0.25, -0.2) is 4.98 Å². The van der Waals surface area contributed by atoms with Gasteiger partial charge in [0.25, 0.3) is 0 Å². The van der Waals surface area contributed by atoms with E-state index in [0.29, 0.717) is 5.56 Å². The van der Waals surface area contributed by atoms with Crippen LogP contribution in [0, 0.1) is 0 Å². The number of fused-ring (bicyclic) bond motifs is 1. The smallest absolute Gasteiger partial charge is 0.149 e. The molecule has 7 rings (SSSR count). The van der Waals surface area contributed by atoms with Gasteiger partial charge in [-0.2, -0.15) is 0 Å². The molecule has 0 aliphatic heterocycles. The number of imidazole rings is 1. The van der Waals surface area contributed by atoms with E-state index in [0.717, 1.165) is 56.1 Å². The highest BCUT2D eigenvalue weighted by Gasteiger charge is 2.28. The zero-order valence-corrected chi connectivity index (χ0v) is 33.5. The molecule has 0 aliphatic carbocycles. The van der Waals surface area contributed by atoms with E-state index in [-0.39, 0.29) is 28.4 Å². The normalized spacial score (nSPS) is 12.3. The average molecular weight is 712 g/mol. The van der Waals surface area contributed by atoms with Crippen molar-refractivity contribution < 1.29 is 5.11 Å². The lowest BCUT2D eigenvalue weighted by molar-refractivity contribution is 0.477. The summed E-state index contributed by atoms with van der Waals surface area (Å²) in [6, 6.07) is 40.6. The monoisotopic (exact) mass is 711 g/mol. The van der Waals surface area contributed by atoms with E-state index in [2.05, 4.69) is 159 Å². The number of benzene rings is 5. The lowest BCUT2D eigenvalue weighted by atomic mass is 9.81. The van der Waals surface area contributed by atoms with Crippen molar-refractivity contribution in [2.45, 2.75) is 91.9 Å². The molecule has 2 heterocycles. The number of nitrogens with zero attached hydrogens (tertiary/aromatic N) is 3. The molecule has 0 fully saturated rings. The van der Waals surface area contributed by atoms with Crippen LogP contribution in [0.5, 0.6) is 5.75 Å². The minimum Gasteiger partial charge on any atom is -0.507 e. The zero-order chi connectivity index (χ0) is 38.5. The van der Waals surface area contributed by atoms with Crippen LogP contribution in [0.4, 0.5) is 0 Å². The van der Waals surface area contributed by atoms with Gasteiger partial charge >= 0.3 is 0 Å². The Morgan fingerprint density at radius 3 is 1.80 bits per heavy atom.